The third kappa shape index (κ3) is 3.86. The van der Waals surface area contributed by atoms with Gasteiger partial charge < -0.3 is 10.4 Å². The number of benzene rings is 3. The molecule has 4 rings (SSSR count). The molecule has 0 aliphatic carbocycles. The standard InChI is InChI=1S/C25H26ClNO/c1-18-24(20-12-6-3-7-13-20)27-23(19-10-4-2-5-11-19)17-25(18,28)16-21-14-8-9-15-22(21)26/h2-15,18,23-24,27-28H,16-17H2,1H3/p+1/t18-,23+,24-,25-/m1/s1. The summed E-state index contributed by atoms with van der Waals surface area (Å²) in [5.74, 6) is 0.0890. The molecule has 1 fully saturated rings. The molecular weight excluding hydrogens is 366 g/mol. The second-order valence-corrected chi connectivity index (χ2v) is 8.42. The molecule has 0 amide bonds. The third-order valence-electron chi connectivity index (χ3n) is 6.27. The lowest BCUT2D eigenvalue weighted by Crippen LogP contribution is -2.91. The van der Waals surface area contributed by atoms with Crippen molar-refractivity contribution in [3.8, 4) is 0 Å². The molecular formula is C25H27ClNO+. The third-order valence-corrected chi connectivity index (χ3v) is 6.63. The van der Waals surface area contributed by atoms with Crippen LogP contribution in [0.15, 0.2) is 84.9 Å². The summed E-state index contributed by atoms with van der Waals surface area (Å²) in [5, 5.41) is 15.1. The fourth-order valence-corrected chi connectivity index (χ4v) is 4.80. The Hall–Kier alpha value is -2.13. The van der Waals surface area contributed by atoms with Crippen molar-refractivity contribution < 1.29 is 10.4 Å². The van der Waals surface area contributed by atoms with Gasteiger partial charge in [-0.15, -0.1) is 0 Å². The van der Waals surface area contributed by atoms with Crippen molar-refractivity contribution in [3.05, 3.63) is 107 Å². The minimum atomic E-state index is -0.833. The van der Waals surface area contributed by atoms with E-state index in [0.29, 0.717) is 12.8 Å². The molecule has 0 aromatic heterocycles. The van der Waals surface area contributed by atoms with Crippen molar-refractivity contribution >= 4 is 11.6 Å². The second kappa shape index (κ2) is 8.08. The SMILES string of the molecule is C[C@@H]1[C@H](c2ccccc2)[NH2+][C@H](c2ccccc2)C[C@]1(O)Cc1ccccc1Cl. The Balaban J connectivity index is 1.72. The van der Waals surface area contributed by atoms with Gasteiger partial charge in [-0.2, -0.15) is 0 Å². The van der Waals surface area contributed by atoms with E-state index in [9.17, 15) is 5.11 Å². The van der Waals surface area contributed by atoms with E-state index in [4.69, 9.17) is 11.6 Å². The number of halogens is 1. The molecule has 0 bridgehead atoms. The van der Waals surface area contributed by atoms with Crippen LogP contribution >= 0.6 is 11.6 Å². The van der Waals surface area contributed by atoms with Crippen molar-refractivity contribution in [1.82, 2.24) is 0 Å². The molecule has 1 saturated heterocycles. The second-order valence-electron chi connectivity index (χ2n) is 8.01. The molecule has 0 saturated carbocycles. The molecule has 1 aliphatic heterocycles. The monoisotopic (exact) mass is 392 g/mol. The quantitative estimate of drug-likeness (QED) is 0.663. The number of quaternary nitrogens is 1. The summed E-state index contributed by atoms with van der Waals surface area (Å²) in [6, 6.07) is 29.3. The van der Waals surface area contributed by atoms with E-state index < -0.39 is 5.60 Å². The minimum absolute atomic E-state index is 0.0890. The van der Waals surface area contributed by atoms with Crippen LogP contribution in [-0.2, 0) is 6.42 Å². The maximum absolute atomic E-state index is 11.9. The lowest BCUT2D eigenvalue weighted by molar-refractivity contribution is -0.756. The molecule has 1 aliphatic rings. The van der Waals surface area contributed by atoms with E-state index in [0.717, 1.165) is 10.6 Å². The van der Waals surface area contributed by atoms with E-state index in [1.807, 2.05) is 36.4 Å². The average molecular weight is 393 g/mol. The van der Waals surface area contributed by atoms with Crippen molar-refractivity contribution in [2.75, 3.05) is 0 Å². The molecule has 0 radical (unpaired) electrons. The number of aliphatic hydroxyl groups is 1. The molecule has 2 nitrogen and oxygen atoms in total. The van der Waals surface area contributed by atoms with Gasteiger partial charge in [-0.05, 0) is 11.6 Å². The smallest absolute Gasteiger partial charge is 0.117 e. The molecule has 3 heteroatoms. The summed E-state index contributed by atoms with van der Waals surface area (Å²) in [4.78, 5) is 0. The molecule has 1 heterocycles. The van der Waals surface area contributed by atoms with Gasteiger partial charge in [0.05, 0.1) is 5.60 Å². The van der Waals surface area contributed by atoms with Gasteiger partial charge in [-0.25, -0.2) is 0 Å². The average Bonchev–Trinajstić information content (AvgIpc) is 2.73. The highest BCUT2D eigenvalue weighted by Gasteiger charge is 2.49. The van der Waals surface area contributed by atoms with Crippen LogP contribution in [0.25, 0.3) is 0 Å². The van der Waals surface area contributed by atoms with Crippen LogP contribution in [0.5, 0.6) is 0 Å². The van der Waals surface area contributed by atoms with Gasteiger partial charge in [0.15, 0.2) is 0 Å². The molecule has 0 spiro atoms. The predicted octanol–water partition coefficient (Wildman–Crippen LogP) is 4.70. The highest BCUT2D eigenvalue weighted by molar-refractivity contribution is 6.31. The van der Waals surface area contributed by atoms with Gasteiger partial charge in [-0.1, -0.05) is 97.4 Å². The number of hydrogen-bond acceptors (Lipinski definition) is 1. The topological polar surface area (TPSA) is 36.8 Å². The van der Waals surface area contributed by atoms with Gasteiger partial charge in [-0.3, -0.25) is 0 Å². The summed E-state index contributed by atoms with van der Waals surface area (Å²) >= 11 is 6.44. The van der Waals surface area contributed by atoms with E-state index in [1.54, 1.807) is 0 Å². The van der Waals surface area contributed by atoms with E-state index in [1.165, 1.54) is 11.1 Å². The van der Waals surface area contributed by atoms with Crippen molar-refractivity contribution in [2.45, 2.75) is 37.5 Å². The first-order valence-corrected chi connectivity index (χ1v) is 10.4. The van der Waals surface area contributed by atoms with Crippen LogP contribution < -0.4 is 5.32 Å². The van der Waals surface area contributed by atoms with Gasteiger partial charge in [0, 0.05) is 34.9 Å². The van der Waals surface area contributed by atoms with Crippen molar-refractivity contribution in [2.24, 2.45) is 5.92 Å². The molecule has 3 N–H and O–H groups in total. The fraction of sp³-hybridized carbons (Fsp3) is 0.280. The van der Waals surface area contributed by atoms with Gasteiger partial charge in [0.1, 0.15) is 12.1 Å². The van der Waals surface area contributed by atoms with E-state index >= 15 is 0 Å². The van der Waals surface area contributed by atoms with Gasteiger partial charge >= 0.3 is 0 Å². The Morgan fingerprint density at radius 2 is 1.46 bits per heavy atom. The van der Waals surface area contributed by atoms with Gasteiger partial charge in [0.2, 0.25) is 0 Å². The summed E-state index contributed by atoms with van der Waals surface area (Å²) in [6.07, 6.45) is 1.26. The Labute approximate surface area is 172 Å². The minimum Gasteiger partial charge on any atom is -0.389 e. The Morgan fingerprint density at radius 1 is 0.893 bits per heavy atom. The zero-order valence-electron chi connectivity index (χ0n) is 16.1. The number of piperidine rings is 1. The summed E-state index contributed by atoms with van der Waals surface area (Å²) in [6.45, 7) is 2.17. The number of nitrogens with two attached hydrogens (primary N) is 1. The maximum atomic E-state index is 11.9. The predicted molar refractivity (Wildman–Crippen MR) is 114 cm³/mol. The van der Waals surface area contributed by atoms with Crippen LogP contribution in [0.2, 0.25) is 5.02 Å². The normalized spacial score (nSPS) is 27.5. The molecule has 3 aromatic rings. The summed E-state index contributed by atoms with van der Waals surface area (Å²) in [7, 11) is 0. The number of rotatable bonds is 4. The van der Waals surface area contributed by atoms with Gasteiger partial charge in [0.25, 0.3) is 0 Å². The first-order chi connectivity index (χ1) is 13.6. The first-order valence-electron chi connectivity index (χ1n) is 9.97. The Morgan fingerprint density at radius 3 is 2.11 bits per heavy atom. The van der Waals surface area contributed by atoms with E-state index in [2.05, 4.69) is 60.8 Å². The molecule has 144 valence electrons. The van der Waals surface area contributed by atoms with Crippen LogP contribution in [0.4, 0.5) is 0 Å². The fourth-order valence-electron chi connectivity index (χ4n) is 4.59. The van der Waals surface area contributed by atoms with Crippen LogP contribution in [0, 0.1) is 5.92 Å². The Kier molecular flexibility index (Phi) is 5.54. The lowest BCUT2D eigenvalue weighted by Gasteiger charge is -2.45. The molecule has 0 unspecified atom stereocenters. The zero-order chi connectivity index (χ0) is 19.6. The highest BCUT2D eigenvalue weighted by atomic mass is 35.5. The van der Waals surface area contributed by atoms with E-state index in [-0.39, 0.29) is 18.0 Å². The van der Waals surface area contributed by atoms with Crippen LogP contribution in [-0.4, -0.2) is 10.7 Å². The number of hydrogen-bond donors (Lipinski definition) is 2. The van der Waals surface area contributed by atoms with Crippen LogP contribution in [0.1, 0.15) is 42.1 Å². The van der Waals surface area contributed by atoms with Crippen molar-refractivity contribution in [3.63, 3.8) is 0 Å². The van der Waals surface area contributed by atoms with Crippen molar-refractivity contribution in [1.29, 1.82) is 0 Å². The molecule has 4 atom stereocenters. The Bertz CT molecular complexity index is 914. The largest absolute Gasteiger partial charge is 0.389 e. The maximum Gasteiger partial charge on any atom is 0.117 e. The molecule has 28 heavy (non-hydrogen) atoms. The van der Waals surface area contributed by atoms with Crippen LogP contribution in [0.3, 0.4) is 0 Å². The first kappa shape index (κ1) is 19.2. The molecule has 3 aromatic carbocycles. The zero-order valence-corrected chi connectivity index (χ0v) is 16.9. The lowest BCUT2D eigenvalue weighted by atomic mass is 9.69. The summed E-state index contributed by atoms with van der Waals surface area (Å²) < 4.78 is 0. The summed E-state index contributed by atoms with van der Waals surface area (Å²) in [5.41, 5.74) is 2.70. The highest BCUT2D eigenvalue weighted by Crippen LogP contribution is 2.41.